The molecule has 2 aromatic rings. The van der Waals surface area contributed by atoms with E-state index in [0.717, 1.165) is 49.2 Å². The Morgan fingerprint density at radius 3 is 2.71 bits per heavy atom. The van der Waals surface area contributed by atoms with Gasteiger partial charge >= 0.3 is 5.97 Å². The second kappa shape index (κ2) is 7.66. The van der Waals surface area contributed by atoms with E-state index < -0.39 is 5.92 Å². The molecule has 1 amide bonds. The highest BCUT2D eigenvalue weighted by molar-refractivity contribution is 7.18. The number of amides is 1. The van der Waals surface area contributed by atoms with E-state index in [9.17, 15) is 14.4 Å². The van der Waals surface area contributed by atoms with Gasteiger partial charge in [-0.2, -0.15) is 0 Å². The molecule has 3 heterocycles. The van der Waals surface area contributed by atoms with Gasteiger partial charge in [0.15, 0.2) is 0 Å². The molecule has 28 heavy (non-hydrogen) atoms. The Morgan fingerprint density at radius 2 is 2.00 bits per heavy atom. The van der Waals surface area contributed by atoms with Crippen molar-refractivity contribution in [3.05, 3.63) is 26.6 Å². The molecule has 8 heteroatoms. The van der Waals surface area contributed by atoms with Crippen LogP contribution in [0.15, 0.2) is 4.79 Å². The van der Waals surface area contributed by atoms with Crippen molar-refractivity contribution in [2.45, 2.75) is 58.4 Å². The van der Waals surface area contributed by atoms with Crippen molar-refractivity contribution in [1.82, 2.24) is 14.5 Å². The Balaban J connectivity index is 1.79. The van der Waals surface area contributed by atoms with Crippen molar-refractivity contribution in [2.75, 3.05) is 19.7 Å². The monoisotopic (exact) mass is 403 g/mol. The number of likely N-dealkylation sites (tertiary alicyclic amines) is 1. The van der Waals surface area contributed by atoms with E-state index in [2.05, 4.69) is 4.98 Å². The maximum Gasteiger partial charge on any atom is 0.313 e. The summed E-state index contributed by atoms with van der Waals surface area (Å²) in [6.45, 7) is 5.37. The van der Waals surface area contributed by atoms with Crippen LogP contribution in [0.2, 0.25) is 0 Å². The van der Waals surface area contributed by atoms with Crippen molar-refractivity contribution in [2.24, 2.45) is 0 Å². The summed E-state index contributed by atoms with van der Waals surface area (Å²) in [5.41, 5.74) is 0.563. The first-order valence-corrected chi connectivity index (χ1v) is 10.8. The Kier molecular flexibility index (Phi) is 5.23. The number of esters is 1. The maximum absolute atomic E-state index is 13.4. The van der Waals surface area contributed by atoms with Crippen LogP contribution in [-0.2, 0) is 27.3 Å². The normalized spacial score (nSPS) is 19.1. The van der Waals surface area contributed by atoms with Gasteiger partial charge in [0.25, 0.3) is 5.56 Å². The van der Waals surface area contributed by atoms with Crippen molar-refractivity contribution >= 4 is 33.4 Å². The number of hydrogen-bond acceptors (Lipinski definition) is 6. The third kappa shape index (κ3) is 3.23. The van der Waals surface area contributed by atoms with Crippen molar-refractivity contribution < 1.29 is 14.3 Å². The predicted molar refractivity (Wildman–Crippen MR) is 107 cm³/mol. The lowest BCUT2D eigenvalue weighted by Crippen LogP contribution is -2.36. The molecule has 0 spiro atoms. The first-order valence-electron chi connectivity index (χ1n) is 9.98. The van der Waals surface area contributed by atoms with Gasteiger partial charge in [-0.1, -0.05) is 0 Å². The standard InChI is InChI=1S/C20H25N3O4S/c1-3-27-20(26)13-7-6-8-14-16(13)17-18(28-14)21-12(2)23(19(17)25)11-15(24)22-9-4-5-10-22/h13H,3-11H2,1-2H3. The van der Waals surface area contributed by atoms with Crippen LogP contribution >= 0.6 is 11.3 Å². The van der Waals surface area contributed by atoms with Gasteiger partial charge in [0, 0.05) is 18.0 Å². The molecular weight excluding hydrogens is 378 g/mol. The molecule has 1 aliphatic carbocycles. The molecule has 4 rings (SSSR count). The zero-order valence-electron chi connectivity index (χ0n) is 16.3. The fraction of sp³-hybridized carbons (Fsp3) is 0.600. The first kappa shape index (κ1) is 19.1. The molecule has 0 aromatic carbocycles. The van der Waals surface area contributed by atoms with Gasteiger partial charge in [0.05, 0.1) is 17.9 Å². The topological polar surface area (TPSA) is 81.5 Å². The Bertz CT molecular complexity index is 987. The Labute approximate surface area is 167 Å². The number of thiophene rings is 1. The molecule has 0 saturated carbocycles. The van der Waals surface area contributed by atoms with E-state index in [-0.39, 0.29) is 24.0 Å². The third-order valence-corrected chi connectivity index (χ3v) is 6.84. The molecule has 1 saturated heterocycles. The van der Waals surface area contributed by atoms with Crippen LogP contribution in [0.4, 0.5) is 0 Å². The SMILES string of the molecule is CCOC(=O)C1CCCc2sc3nc(C)n(CC(=O)N4CCCC4)c(=O)c3c21. The molecule has 1 fully saturated rings. The van der Waals surface area contributed by atoms with Gasteiger partial charge in [-0.15, -0.1) is 11.3 Å². The molecule has 150 valence electrons. The highest BCUT2D eigenvalue weighted by Crippen LogP contribution is 2.41. The molecule has 0 radical (unpaired) electrons. The van der Waals surface area contributed by atoms with E-state index in [1.807, 2.05) is 0 Å². The number of aryl methyl sites for hydroxylation is 2. The highest BCUT2D eigenvalue weighted by Gasteiger charge is 2.33. The molecule has 1 atom stereocenters. The second-order valence-electron chi connectivity index (χ2n) is 7.45. The minimum atomic E-state index is -0.419. The first-order chi connectivity index (χ1) is 13.5. The number of rotatable bonds is 4. The van der Waals surface area contributed by atoms with E-state index in [4.69, 9.17) is 4.74 Å². The van der Waals surface area contributed by atoms with Crippen LogP contribution in [0.3, 0.4) is 0 Å². The molecule has 2 aromatic heterocycles. The predicted octanol–water partition coefficient (Wildman–Crippen LogP) is 2.37. The lowest BCUT2D eigenvalue weighted by molar-refractivity contribution is -0.145. The average Bonchev–Trinajstić information content (AvgIpc) is 3.32. The lowest BCUT2D eigenvalue weighted by Gasteiger charge is -2.21. The van der Waals surface area contributed by atoms with Gasteiger partial charge in [-0.25, -0.2) is 4.98 Å². The summed E-state index contributed by atoms with van der Waals surface area (Å²) in [5, 5.41) is 0.498. The highest BCUT2D eigenvalue weighted by atomic mass is 32.1. The number of aromatic nitrogens is 2. The van der Waals surface area contributed by atoms with Crippen molar-refractivity contribution in [1.29, 1.82) is 0 Å². The zero-order valence-corrected chi connectivity index (χ0v) is 17.1. The van der Waals surface area contributed by atoms with Crippen molar-refractivity contribution in [3.8, 4) is 0 Å². The summed E-state index contributed by atoms with van der Waals surface area (Å²) in [6.07, 6.45) is 4.44. The smallest absolute Gasteiger partial charge is 0.313 e. The van der Waals surface area contributed by atoms with E-state index >= 15 is 0 Å². The summed E-state index contributed by atoms with van der Waals surface area (Å²) >= 11 is 1.49. The van der Waals surface area contributed by atoms with Crippen LogP contribution < -0.4 is 5.56 Å². The summed E-state index contributed by atoms with van der Waals surface area (Å²) in [4.78, 5) is 46.6. The van der Waals surface area contributed by atoms with E-state index in [1.54, 1.807) is 18.7 Å². The van der Waals surface area contributed by atoms with Gasteiger partial charge in [0.1, 0.15) is 17.2 Å². The quantitative estimate of drug-likeness (QED) is 0.732. The van der Waals surface area contributed by atoms with E-state index in [1.165, 1.54) is 15.9 Å². The Morgan fingerprint density at radius 1 is 1.25 bits per heavy atom. The minimum absolute atomic E-state index is 0.00228. The fourth-order valence-electron chi connectivity index (χ4n) is 4.28. The van der Waals surface area contributed by atoms with Crippen LogP contribution in [0.5, 0.6) is 0 Å². The second-order valence-corrected chi connectivity index (χ2v) is 8.54. The Hall–Kier alpha value is -2.22. The average molecular weight is 404 g/mol. The number of nitrogens with zero attached hydrogens (tertiary/aromatic N) is 3. The van der Waals surface area contributed by atoms with Gasteiger partial charge in [-0.05, 0) is 51.5 Å². The van der Waals surface area contributed by atoms with Crippen LogP contribution in [0.25, 0.3) is 10.2 Å². The third-order valence-electron chi connectivity index (χ3n) is 5.68. The summed E-state index contributed by atoms with van der Waals surface area (Å²) in [7, 11) is 0. The molecule has 0 N–H and O–H groups in total. The molecule has 2 aliphatic rings. The number of fused-ring (bicyclic) bond motifs is 3. The zero-order chi connectivity index (χ0) is 19.8. The molecule has 7 nitrogen and oxygen atoms in total. The maximum atomic E-state index is 13.4. The summed E-state index contributed by atoms with van der Waals surface area (Å²) in [6, 6.07) is 0. The lowest BCUT2D eigenvalue weighted by atomic mass is 9.86. The van der Waals surface area contributed by atoms with Crippen LogP contribution in [0, 0.1) is 6.92 Å². The number of hydrogen-bond donors (Lipinski definition) is 0. The van der Waals surface area contributed by atoms with Crippen LogP contribution in [0.1, 0.15) is 54.8 Å². The fourth-order valence-corrected chi connectivity index (χ4v) is 5.60. The number of ether oxygens (including phenoxy) is 1. The van der Waals surface area contributed by atoms with Crippen molar-refractivity contribution in [3.63, 3.8) is 0 Å². The summed E-state index contributed by atoms with van der Waals surface area (Å²) in [5.74, 6) is -0.202. The summed E-state index contributed by atoms with van der Waals surface area (Å²) < 4.78 is 6.72. The van der Waals surface area contributed by atoms with Gasteiger partial charge in [-0.3, -0.25) is 19.0 Å². The number of carbonyl (C=O) groups excluding carboxylic acids is 2. The molecular formula is C20H25N3O4S. The van der Waals surface area contributed by atoms with Gasteiger partial charge < -0.3 is 9.64 Å². The molecule has 1 unspecified atom stereocenters. The molecule has 0 bridgehead atoms. The minimum Gasteiger partial charge on any atom is -0.466 e. The number of carbonyl (C=O) groups is 2. The largest absolute Gasteiger partial charge is 0.466 e. The van der Waals surface area contributed by atoms with Gasteiger partial charge in [0.2, 0.25) is 5.91 Å². The molecule has 1 aliphatic heterocycles. The van der Waals surface area contributed by atoms with E-state index in [0.29, 0.717) is 29.1 Å². The van der Waals surface area contributed by atoms with Crippen LogP contribution in [-0.4, -0.2) is 46.0 Å².